The quantitative estimate of drug-likeness (QED) is 0.825. The number of rotatable bonds is 5. The summed E-state index contributed by atoms with van der Waals surface area (Å²) in [6.45, 7) is 1.53. The van der Waals surface area contributed by atoms with Gasteiger partial charge in [-0.15, -0.1) is 0 Å². The van der Waals surface area contributed by atoms with Gasteiger partial charge in [-0.2, -0.15) is 0 Å². The van der Waals surface area contributed by atoms with E-state index in [0.29, 0.717) is 27.8 Å². The SMILES string of the molecule is CC(=O)Nc1ccc(Cl)cc1NC(=O)CCN1C(=O)COc2ccccc21. The average Bonchev–Trinajstić information content (AvgIpc) is 2.63. The molecule has 2 N–H and O–H groups in total. The van der Waals surface area contributed by atoms with Crippen LogP contribution in [0.25, 0.3) is 0 Å². The molecule has 0 fully saturated rings. The number of halogens is 1. The van der Waals surface area contributed by atoms with Crippen LogP contribution >= 0.6 is 11.6 Å². The van der Waals surface area contributed by atoms with Crippen molar-refractivity contribution in [3.63, 3.8) is 0 Å². The first-order valence-electron chi connectivity index (χ1n) is 8.33. The maximum absolute atomic E-state index is 12.4. The minimum Gasteiger partial charge on any atom is -0.482 e. The lowest BCUT2D eigenvalue weighted by atomic mass is 10.2. The summed E-state index contributed by atoms with van der Waals surface area (Å²) in [7, 11) is 0. The molecule has 2 aromatic rings. The van der Waals surface area contributed by atoms with Crippen LogP contribution in [0.15, 0.2) is 42.5 Å². The predicted molar refractivity (Wildman–Crippen MR) is 103 cm³/mol. The van der Waals surface area contributed by atoms with Gasteiger partial charge in [0.05, 0.1) is 17.1 Å². The Morgan fingerprint density at radius 1 is 1.15 bits per heavy atom. The Kier molecular flexibility index (Phi) is 5.61. The van der Waals surface area contributed by atoms with Crippen molar-refractivity contribution in [1.82, 2.24) is 0 Å². The number of amides is 3. The van der Waals surface area contributed by atoms with Gasteiger partial charge in [0.1, 0.15) is 5.75 Å². The van der Waals surface area contributed by atoms with E-state index in [1.165, 1.54) is 11.8 Å². The Morgan fingerprint density at radius 3 is 2.70 bits per heavy atom. The molecule has 8 heteroatoms. The maximum Gasteiger partial charge on any atom is 0.265 e. The van der Waals surface area contributed by atoms with Crippen molar-refractivity contribution >= 4 is 46.4 Å². The van der Waals surface area contributed by atoms with Crippen LogP contribution in [0, 0.1) is 0 Å². The molecule has 0 saturated carbocycles. The van der Waals surface area contributed by atoms with E-state index in [1.807, 2.05) is 6.07 Å². The fraction of sp³-hybridized carbons (Fsp3) is 0.211. The lowest BCUT2D eigenvalue weighted by molar-refractivity contribution is -0.121. The van der Waals surface area contributed by atoms with E-state index in [4.69, 9.17) is 16.3 Å². The van der Waals surface area contributed by atoms with Crippen LogP contribution in [0.4, 0.5) is 17.1 Å². The van der Waals surface area contributed by atoms with E-state index in [9.17, 15) is 14.4 Å². The molecule has 1 heterocycles. The predicted octanol–water partition coefficient (Wildman–Crippen LogP) is 3.05. The number of hydrogen-bond donors (Lipinski definition) is 2. The van der Waals surface area contributed by atoms with Crippen LogP contribution in [0.1, 0.15) is 13.3 Å². The molecule has 140 valence electrons. The van der Waals surface area contributed by atoms with Crippen molar-refractivity contribution < 1.29 is 19.1 Å². The monoisotopic (exact) mass is 387 g/mol. The molecule has 1 aliphatic rings. The second kappa shape index (κ2) is 8.09. The number of fused-ring (bicyclic) bond motifs is 1. The zero-order valence-electron chi connectivity index (χ0n) is 14.6. The van der Waals surface area contributed by atoms with Crippen LogP contribution in [-0.4, -0.2) is 30.9 Å². The normalized spacial score (nSPS) is 12.8. The van der Waals surface area contributed by atoms with E-state index in [0.717, 1.165) is 0 Å². The standard InChI is InChI=1S/C19H18ClN3O4/c1-12(24)21-14-7-6-13(20)10-15(14)22-18(25)8-9-23-16-4-2-3-5-17(16)27-11-19(23)26/h2-7,10H,8-9,11H2,1H3,(H,21,24)(H,22,25). The minimum absolute atomic E-state index is 0.0559. The van der Waals surface area contributed by atoms with Gasteiger partial charge in [0.15, 0.2) is 6.61 Å². The van der Waals surface area contributed by atoms with E-state index >= 15 is 0 Å². The van der Waals surface area contributed by atoms with Gasteiger partial charge >= 0.3 is 0 Å². The van der Waals surface area contributed by atoms with Crippen molar-refractivity contribution in [3.05, 3.63) is 47.5 Å². The smallest absolute Gasteiger partial charge is 0.265 e. The van der Waals surface area contributed by atoms with Gasteiger partial charge < -0.3 is 20.3 Å². The van der Waals surface area contributed by atoms with E-state index < -0.39 is 0 Å². The van der Waals surface area contributed by atoms with Crippen molar-refractivity contribution in [2.24, 2.45) is 0 Å². The highest BCUT2D eigenvalue weighted by Gasteiger charge is 2.25. The van der Waals surface area contributed by atoms with Gasteiger partial charge in [-0.1, -0.05) is 23.7 Å². The molecule has 2 aromatic carbocycles. The number of anilines is 3. The van der Waals surface area contributed by atoms with E-state index in [-0.39, 0.29) is 37.3 Å². The highest BCUT2D eigenvalue weighted by Crippen LogP contribution is 2.31. The first-order chi connectivity index (χ1) is 12.9. The summed E-state index contributed by atoms with van der Waals surface area (Å²) >= 11 is 5.98. The summed E-state index contributed by atoms with van der Waals surface area (Å²) in [5.74, 6) is -0.160. The number of ether oxygens (including phenoxy) is 1. The molecule has 3 amide bonds. The molecule has 0 saturated heterocycles. The molecule has 0 radical (unpaired) electrons. The molecular weight excluding hydrogens is 370 g/mol. The van der Waals surface area contributed by atoms with Crippen LogP contribution in [0.3, 0.4) is 0 Å². The molecule has 27 heavy (non-hydrogen) atoms. The van der Waals surface area contributed by atoms with Crippen molar-refractivity contribution in [2.45, 2.75) is 13.3 Å². The molecule has 0 aromatic heterocycles. The third-order valence-electron chi connectivity index (χ3n) is 3.94. The van der Waals surface area contributed by atoms with Crippen LogP contribution in [0.5, 0.6) is 5.75 Å². The third-order valence-corrected chi connectivity index (χ3v) is 4.17. The molecule has 1 aliphatic heterocycles. The van der Waals surface area contributed by atoms with Gasteiger partial charge in [-0.3, -0.25) is 14.4 Å². The zero-order chi connectivity index (χ0) is 19.4. The summed E-state index contributed by atoms with van der Waals surface area (Å²) < 4.78 is 5.39. The van der Waals surface area contributed by atoms with Crippen LogP contribution in [0.2, 0.25) is 5.02 Å². The third kappa shape index (κ3) is 4.57. The summed E-state index contributed by atoms with van der Waals surface area (Å²) in [4.78, 5) is 37.4. The molecule has 0 bridgehead atoms. The number of carbonyl (C=O) groups is 3. The Labute approximate surface area is 161 Å². The largest absolute Gasteiger partial charge is 0.482 e. The number of carbonyl (C=O) groups excluding carboxylic acids is 3. The summed E-state index contributed by atoms with van der Waals surface area (Å²) in [6, 6.07) is 12.0. The first-order valence-corrected chi connectivity index (χ1v) is 8.71. The second-order valence-electron chi connectivity index (χ2n) is 5.97. The Balaban J connectivity index is 1.68. The summed E-state index contributed by atoms with van der Waals surface area (Å²) in [5.41, 5.74) is 1.49. The van der Waals surface area contributed by atoms with Crippen molar-refractivity contribution in [3.8, 4) is 5.75 Å². The van der Waals surface area contributed by atoms with Gasteiger partial charge in [-0.05, 0) is 30.3 Å². The Morgan fingerprint density at radius 2 is 1.93 bits per heavy atom. The fourth-order valence-electron chi connectivity index (χ4n) is 2.74. The molecule has 0 unspecified atom stereocenters. The summed E-state index contributed by atoms with van der Waals surface area (Å²) in [5, 5.41) is 5.79. The molecule has 7 nitrogen and oxygen atoms in total. The van der Waals surface area contributed by atoms with Gasteiger partial charge in [0.25, 0.3) is 5.91 Å². The molecule has 0 aliphatic carbocycles. The Bertz CT molecular complexity index is 900. The first kappa shape index (κ1) is 18.7. The Hall–Kier alpha value is -3.06. The fourth-order valence-corrected chi connectivity index (χ4v) is 2.92. The van der Waals surface area contributed by atoms with Crippen molar-refractivity contribution in [1.29, 1.82) is 0 Å². The molecular formula is C19H18ClN3O4. The van der Waals surface area contributed by atoms with Crippen molar-refractivity contribution in [2.75, 3.05) is 28.7 Å². The number of nitrogens with zero attached hydrogens (tertiary/aromatic N) is 1. The van der Waals surface area contributed by atoms with E-state index in [2.05, 4.69) is 10.6 Å². The highest BCUT2D eigenvalue weighted by atomic mass is 35.5. The number of benzene rings is 2. The average molecular weight is 388 g/mol. The topological polar surface area (TPSA) is 87.7 Å². The second-order valence-corrected chi connectivity index (χ2v) is 6.41. The molecule has 0 spiro atoms. The number of hydrogen-bond acceptors (Lipinski definition) is 4. The van der Waals surface area contributed by atoms with Crippen LogP contribution < -0.4 is 20.3 Å². The minimum atomic E-state index is -0.305. The number of para-hydroxylation sites is 2. The van der Waals surface area contributed by atoms with Crippen LogP contribution in [-0.2, 0) is 14.4 Å². The number of nitrogens with one attached hydrogen (secondary N) is 2. The highest BCUT2D eigenvalue weighted by molar-refractivity contribution is 6.31. The maximum atomic E-state index is 12.4. The van der Waals surface area contributed by atoms with Gasteiger partial charge in [-0.25, -0.2) is 0 Å². The van der Waals surface area contributed by atoms with Gasteiger partial charge in [0, 0.05) is 24.9 Å². The molecule has 0 atom stereocenters. The summed E-state index contributed by atoms with van der Waals surface area (Å²) in [6.07, 6.45) is 0.0755. The van der Waals surface area contributed by atoms with Gasteiger partial charge in [0.2, 0.25) is 11.8 Å². The van der Waals surface area contributed by atoms with E-state index in [1.54, 1.807) is 36.4 Å². The lowest BCUT2D eigenvalue weighted by Gasteiger charge is -2.29. The zero-order valence-corrected chi connectivity index (χ0v) is 15.4. The molecule has 3 rings (SSSR count). The lowest BCUT2D eigenvalue weighted by Crippen LogP contribution is -2.40.